The molecular weight excluding hydrogens is 258 g/mol. The van der Waals surface area contributed by atoms with Crippen molar-refractivity contribution in [3.63, 3.8) is 0 Å². The van der Waals surface area contributed by atoms with Crippen molar-refractivity contribution in [3.8, 4) is 0 Å². The van der Waals surface area contributed by atoms with Gasteiger partial charge in [-0.1, -0.05) is 12.1 Å². The lowest BCUT2D eigenvalue weighted by Gasteiger charge is -2.09. The first kappa shape index (κ1) is 13.8. The van der Waals surface area contributed by atoms with E-state index in [1.807, 2.05) is 45.0 Å². The number of hydrogen-bond acceptors (Lipinski definition) is 3. The molecule has 3 nitrogen and oxygen atoms in total. The van der Waals surface area contributed by atoms with E-state index in [0.29, 0.717) is 0 Å². The second-order valence-corrected chi connectivity index (χ2v) is 6.05. The lowest BCUT2D eigenvalue weighted by atomic mass is 10.1. The van der Waals surface area contributed by atoms with Crippen LogP contribution in [0.25, 0.3) is 0 Å². The van der Waals surface area contributed by atoms with Crippen LogP contribution in [0.5, 0.6) is 0 Å². The molecule has 19 heavy (non-hydrogen) atoms. The molecule has 1 aromatic carbocycles. The number of rotatable bonds is 3. The van der Waals surface area contributed by atoms with Crippen LogP contribution in [0.1, 0.15) is 31.2 Å². The lowest BCUT2D eigenvalue weighted by molar-refractivity contribution is 0.102. The molecule has 0 spiro atoms. The number of carbonyl (C=O) groups excluding carboxylic acids is 1. The van der Waals surface area contributed by atoms with E-state index < -0.39 is 0 Å². The molecule has 0 aliphatic carbocycles. The van der Waals surface area contributed by atoms with Gasteiger partial charge in [0.05, 0.1) is 12.2 Å². The van der Waals surface area contributed by atoms with Gasteiger partial charge >= 0.3 is 0 Å². The monoisotopic (exact) mass is 275 g/mol. The summed E-state index contributed by atoms with van der Waals surface area (Å²) in [6, 6.07) is 7.46. The maximum Gasteiger partial charge on any atom is 0.256 e. The Balaban J connectivity index is 2.26. The van der Waals surface area contributed by atoms with Crippen molar-refractivity contribution >= 4 is 22.9 Å². The van der Waals surface area contributed by atoms with Crippen LogP contribution < -0.4 is 5.32 Å². The molecule has 2 N–H and O–H groups in total. The summed E-state index contributed by atoms with van der Waals surface area (Å²) in [5.74, 6) is -0.0972. The van der Waals surface area contributed by atoms with Gasteiger partial charge in [0.1, 0.15) is 0 Å². The van der Waals surface area contributed by atoms with E-state index in [2.05, 4.69) is 5.32 Å². The third-order valence-corrected chi connectivity index (χ3v) is 3.98. The van der Waals surface area contributed by atoms with Gasteiger partial charge in [-0.15, -0.1) is 11.3 Å². The van der Waals surface area contributed by atoms with Crippen LogP contribution >= 0.6 is 11.3 Å². The zero-order chi connectivity index (χ0) is 14.0. The molecule has 0 saturated heterocycles. The Hall–Kier alpha value is -1.65. The standard InChI is InChI=1S/C15H17NO2S/c1-9-4-5-12(8-17)7-14(9)16-15(18)13-6-10(2)19-11(13)3/h4-7,17H,8H2,1-3H3,(H,16,18). The van der Waals surface area contributed by atoms with E-state index in [9.17, 15) is 4.79 Å². The number of nitrogens with one attached hydrogen (secondary N) is 1. The SMILES string of the molecule is Cc1cc(C(=O)Nc2cc(CO)ccc2C)c(C)s1. The summed E-state index contributed by atoms with van der Waals surface area (Å²) in [5.41, 5.74) is 3.24. The zero-order valence-corrected chi connectivity index (χ0v) is 12.1. The first-order chi connectivity index (χ1) is 9.01. The number of thiophene rings is 1. The normalized spacial score (nSPS) is 10.5. The van der Waals surface area contributed by atoms with Gasteiger partial charge in [-0.3, -0.25) is 4.79 Å². The van der Waals surface area contributed by atoms with Gasteiger partial charge in [0.15, 0.2) is 0 Å². The maximum atomic E-state index is 12.2. The number of hydrogen-bond donors (Lipinski definition) is 2. The molecule has 0 atom stereocenters. The number of aliphatic hydroxyl groups is 1. The highest BCUT2D eigenvalue weighted by Gasteiger charge is 2.13. The predicted molar refractivity (Wildman–Crippen MR) is 78.8 cm³/mol. The largest absolute Gasteiger partial charge is 0.392 e. The van der Waals surface area contributed by atoms with Gasteiger partial charge in [-0.25, -0.2) is 0 Å². The maximum absolute atomic E-state index is 12.2. The molecule has 0 aliphatic heterocycles. The Morgan fingerprint density at radius 2 is 2.00 bits per heavy atom. The van der Waals surface area contributed by atoms with Crippen LogP contribution in [0.2, 0.25) is 0 Å². The summed E-state index contributed by atoms with van der Waals surface area (Å²) < 4.78 is 0. The van der Waals surface area contributed by atoms with Crippen molar-refractivity contribution in [2.24, 2.45) is 0 Å². The van der Waals surface area contributed by atoms with Gasteiger partial charge in [0.25, 0.3) is 5.91 Å². The number of amides is 1. The Bertz CT molecular complexity index is 617. The molecule has 0 unspecified atom stereocenters. The molecule has 4 heteroatoms. The number of benzene rings is 1. The fourth-order valence-electron chi connectivity index (χ4n) is 1.95. The molecule has 0 bridgehead atoms. The zero-order valence-electron chi connectivity index (χ0n) is 11.3. The number of aliphatic hydroxyl groups excluding tert-OH is 1. The predicted octanol–water partition coefficient (Wildman–Crippen LogP) is 3.42. The Morgan fingerprint density at radius 1 is 1.26 bits per heavy atom. The molecule has 2 rings (SSSR count). The van der Waals surface area contributed by atoms with Gasteiger partial charge in [-0.2, -0.15) is 0 Å². The fourth-order valence-corrected chi connectivity index (χ4v) is 2.87. The van der Waals surface area contributed by atoms with E-state index in [0.717, 1.165) is 32.1 Å². The van der Waals surface area contributed by atoms with Gasteiger partial charge in [0.2, 0.25) is 0 Å². The highest BCUT2D eigenvalue weighted by atomic mass is 32.1. The summed E-state index contributed by atoms with van der Waals surface area (Å²) in [5, 5.41) is 12.1. The highest BCUT2D eigenvalue weighted by Crippen LogP contribution is 2.23. The molecule has 0 saturated carbocycles. The second kappa shape index (κ2) is 5.55. The third kappa shape index (κ3) is 3.03. The smallest absolute Gasteiger partial charge is 0.256 e. The summed E-state index contributed by atoms with van der Waals surface area (Å²) in [4.78, 5) is 14.4. The Kier molecular flexibility index (Phi) is 4.02. The minimum absolute atomic E-state index is 0.0280. The number of carbonyl (C=O) groups is 1. The van der Waals surface area contributed by atoms with Gasteiger partial charge < -0.3 is 10.4 Å². The van der Waals surface area contributed by atoms with Crippen molar-refractivity contribution in [2.75, 3.05) is 5.32 Å². The molecule has 0 fully saturated rings. The summed E-state index contributed by atoms with van der Waals surface area (Å²) in [7, 11) is 0. The van der Waals surface area contributed by atoms with Gasteiger partial charge in [-0.05, 0) is 44.0 Å². The van der Waals surface area contributed by atoms with Crippen LogP contribution in [0.3, 0.4) is 0 Å². The lowest BCUT2D eigenvalue weighted by Crippen LogP contribution is -2.13. The van der Waals surface area contributed by atoms with Crippen LogP contribution in [0.4, 0.5) is 5.69 Å². The van der Waals surface area contributed by atoms with E-state index in [-0.39, 0.29) is 12.5 Å². The topological polar surface area (TPSA) is 49.3 Å². The summed E-state index contributed by atoms with van der Waals surface area (Å²) in [6.45, 7) is 5.85. The highest BCUT2D eigenvalue weighted by molar-refractivity contribution is 7.12. The van der Waals surface area contributed by atoms with E-state index in [1.54, 1.807) is 11.3 Å². The fraction of sp³-hybridized carbons (Fsp3) is 0.267. The van der Waals surface area contributed by atoms with E-state index in [1.165, 1.54) is 0 Å². The van der Waals surface area contributed by atoms with E-state index >= 15 is 0 Å². The van der Waals surface area contributed by atoms with E-state index in [4.69, 9.17) is 5.11 Å². The molecule has 1 aromatic heterocycles. The summed E-state index contributed by atoms with van der Waals surface area (Å²) in [6.07, 6.45) is 0. The number of aryl methyl sites for hydroxylation is 3. The van der Waals surface area contributed by atoms with Crippen LogP contribution in [0.15, 0.2) is 24.3 Å². The first-order valence-electron chi connectivity index (χ1n) is 6.10. The Labute approximate surface area is 116 Å². The average Bonchev–Trinajstić information content (AvgIpc) is 2.71. The van der Waals surface area contributed by atoms with Crippen LogP contribution in [-0.2, 0) is 6.61 Å². The minimum atomic E-state index is -0.0972. The van der Waals surface area contributed by atoms with Crippen molar-refractivity contribution < 1.29 is 9.90 Å². The third-order valence-electron chi connectivity index (χ3n) is 3.02. The molecule has 100 valence electrons. The van der Waals surface area contributed by atoms with Crippen molar-refractivity contribution in [1.29, 1.82) is 0 Å². The first-order valence-corrected chi connectivity index (χ1v) is 6.91. The van der Waals surface area contributed by atoms with Crippen molar-refractivity contribution in [3.05, 3.63) is 50.7 Å². The quantitative estimate of drug-likeness (QED) is 0.901. The second-order valence-electron chi connectivity index (χ2n) is 4.59. The molecule has 1 amide bonds. The summed E-state index contributed by atoms with van der Waals surface area (Å²) >= 11 is 1.62. The number of anilines is 1. The Morgan fingerprint density at radius 3 is 2.58 bits per heavy atom. The van der Waals surface area contributed by atoms with Crippen LogP contribution in [0, 0.1) is 20.8 Å². The van der Waals surface area contributed by atoms with Gasteiger partial charge in [0, 0.05) is 15.4 Å². The molecule has 0 aliphatic rings. The van der Waals surface area contributed by atoms with Crippen LogP contribution in [-0.4, -0.2) is 11.0 Å². The van der Waals surface area contributed by atoms with Crippen molar-refractivity contribution in [1.82, 2.24) is 0 Å². The molecule has 2 aromatic rings. The molecular formula is C15H17NO2S. The molecule has 0 radical (unpaired) electrons. The average molecular weight is 275 g/mol. The minimum Gasteiger partial charge on any atom is -0.392 e. The molecule has 1 heterocycles. The van der Waals surface area contributed by atoms with Crippen molar-refractivity contribution in [2.45, 2.75) is 27.4 Å².